The van der Waals surface area contributed by atoms with Crippen molar-refractivity contribution in [2.45, 2.75) is 71.0 Å². The van der Waals surface area contributed by atoms with E-state index >= 15 is 0 Å². The summed E-state index contributed by atoms with van der Waals surface area (Å²) in [5, 5.41) is 3.39. The van der Waals surface area contributed by atoms with Gasteiger partial charge in [0.1, 0.15) is 12.6 Å². The van der Waals surface area contributed by atoms with E-state index in [1.807, 2.05) is 71.0 Å². The van der Waals surface area contributed by atoms with Gasteiger partial charge in [-0.25, -0.2) is 8.42 Å². The van der Waals surface area contributed by atoms with Gasteiger partial charge in [-0.1, -0.05) is 61.8 Å². The lowest BCUT2D eigenvalue weighted by Gasteiger charge is -2.34. The van der Waals surface area contributed by atoms with Crippen LogP contribution in [-0.4, -0.2) is 43.8 Å². The Kier molecular flexibility index (Phi) is 10.8. The van der Waals surface area contributed by atoms with Gasteiger partial charge in [0.25, 0.3) is 10.0 Å². The number of carbonyl (C=O) groups excluding carboxylic acids is 2. The van der Waals surface area contributed by atoms with Crippen LogP contribution in [0.3, 0.4) is 0 Å². The average molecular weight is 584 g/mol. The average Bonchev–Trinajstić information content (AvgIpc) is 2.93. The summed E-state index contributed by atoms with van der Waals surface area (Å²) in [6.07, 6.45) is 1.11. The predicted molar refractivity (Wildman–Crippen MR) is 161 cm³/mol. The Balaban J connectivity index is 2.07. The normalized spacial score (nSPS) is 12.8. The summed E-state index contributed by atoms with van der Waals surface area (Å²) in [6, 6.07) is 19.7. The van der Waals surface area contributed by atoms with Gasteiger partial charge in [-0.15, -0.1) is 0 Å². The van der Waals surface area contributed by atoms with Crippen molar-refractivity contribution in [2.24, 2.45) is 0 Å². The summed E-state index contributed by atoms with van der Waals surface area (Å²) in [5.74, 6) is -0.745. The van der Waals surface area contributed by atoms with Crippen LogP contribution in [0.2, 0.25) is 5.02 Å². The highest BCUT2D eigenvalue weighted by Crippen LogP contribution is 2.27. The molecule has 40 heavy (non-hydrogen) atoms. The molecule has 0 bridgehead atoms. The quantitative estimate of drug-likeness (QED) is 0.289. The lowest BCUT2D eigenvalue weighted by atomic mass is 10.1. The summed E-state index contributed by atoms with van der Waals surface area (Å²) in [4.78, 5) is 28.9. The van der Waals surface area contributed by atoms with Gasteiger partial charge >= 0.3 is 0 Å². The second-order valence-corrected chi connectivity index (χ2v) is 12.3. The molecule has 2 unspecified atom stereocenters. The van der Waals surface area contributed by atoms with Gasteiger partial charge in [0, 0.05) is 17.6 Å². The maximum Gasteiger partial charge on any atom is 0.264 e. The molecule has 0 spiro atoms. The van der Waals surface area contributed by atoms with Crippen LogP contribution in [0, 0.1) is 13.8 Å². The van der Waals surface area contributed by atoms with Crippen molar-refractivity contribution in [1.82, 2.24) is 10.2 Å². The molecular weight excluding hydrogens is 546 g/mol. The first-order chi connectivity index (χ1) is 19.0. The van der Waals surface area contributed by atoms with E-state index in [9.17, 15) is 18.0 Å². The zero-order chi connectivity index (χ0) is 29.4. The molecule has 0 saturated carbocycles. The predicted octanol–water partition coefficient (Wildman–Crippen LogP) is 5.87. The number of rotatable bonds is 12. The van der Waals surface area contributed by atoms with Gasteiger partial charge in [-0.2, -0.15) is 0 Å². The Morgan fingerprint density at radius 1 is 0.900 bits per heavy atom. The van der Waals surface area contributed by atoms with E-state index < -0.39 is 28.5 Å². The van der Waals surface area contributed by atoms with Gasteiger partial charge in [-0.05, 0) is 86.7 Å². The number of nitrogens with zero attached hydrogens (tertiary/aromatic N) is 2. The van der Waals surface area contributed by atoms with Crippen molar-refractivity contribution >= 4 is 39.1 Å². The molecule has 7 nitrogen and oxygen atoms in total. The molecule has 0 heterocycles. The van der Waals surface area contributed by atoms with Gasteiger partial charge in [0.2, 0.25) is 11.8 Å². The van der Waals surface area contributed by atoms with Crippen LogP contribution >= 0.6 is 11.6 Å². The molecule has 0 saturated heterocycles. The molecule has 2 atom stereocenters. The zero-order valence-electron chi connectivity index (χ0n) is 23.7. The largest absolute Gasteiger partial charge is 0.352 e. The Morgan fingerprint density at radius 3 is 2.12 bits per heavy atom. The number of anilines is 1. The number of nitrogens with one attached hydrogen (secondary N) is 1. The first kappa shape index (κ1) is 31.2. The molecule has 0 aliphatic rings. The minimum atomic E-state index is -4.15. The van der Waals surface area contributed by atoms with Crippen LogP contribution in [0.15, 0.2) is 77.7 Å². The fourth-order valence-electron chi connectivity index (χ4n) is 4.28. The van der Waals surface area contributed by atoms with E-state index in [1.165, 1.54) is 29.2 Å². The molecule has 3 aromatic carbocycles. The monoisotopic (exact) mass is 583 g/mol. The van der Waals surface area contributed by atoms with Gasteiger partial charge < -0.3 is 10.2 Å². The highest BCUT2D eigenvalue weighted by molar-refractivity contribution is 7.92. The van der Waals surface area contributed by atoms with Crippen molar-refractivity contribution in [1.29, 1.82) is 0 Å². The van der Waals surface area contributed by atoms with Crippen LogP contribution in [-0.2, 0) is 26.2 Å². The SMILES string of the molecule is CCC(C)NC(=O)C(CC)N(Cc1ccccc1)C(=O)CN(c1ccc(C)c(C)c1)S(=O)(=O)c1ccc(Cl)cc1. The Morgan fingerprint density at radius 2 is 1.55 bits per heavy atom. The first-order valence-electron chi connectivity index (χ1n) is 13.5. The van der Waals surface area contributed by atoms with E-state index in [4.69, 9.17) is 11.6 Å². The Labute approximate surface area is 243 Å². The molecule has 3 rings (SSSR count). The zero-order valence-corrected chi connectivity index (χ0v) is 25.3. The van der Waals surface area contributed by atoms with Crippen LogP contribution in [0.1, 0.15) is 50.3 Å². The van der Waals surface area contributed by atoms with Gasteiger partial charge in [0.15, 0.2) is 0 Å². The van der Waals surface area contributed by atoms with E-state index in [0.29, 0.717) is 17.1 Å². The van der Waals surface area contributed by atoms with E-state index in [1.54, 1.807) is 12.1 Å². The summed E-state index contributed by atoms with van der Waals surface area (Å²) < 4.78 is 29.0. The number of benzene rings is 3. The molecule has 0 radical (unpaired) electrons. The molecule has 1 N–H and O–H groups in total. The molecule has 0 fully saturated rings. The van der Waals surface area contributed by atoms with Crippen molar-refractivity contribution < 1.29 is 18.0 Å². The summed E-state index contributed by atoms with van der Waals surface area (Å²) in [5.41, 5.74) is 3.09. The maximum atomic E-state index is 14.1. The topological polar surface area (TPSA) is 86.8 Å². The third-order valence-corrected chi connectivity index (χ3v) is 9.08. The molecule has 0 aromatic heterocycles. The highest BCUT2D eigenvalue weighted by Gasteiger charge is 2.34. The lowest BCUT2D eigenvalue weighted by molar-refractivity contribution is -0.140. The third-order valence-electron chi connectivity index (χ3n) is 7.04. The Bertz CT molecular complexity index is 1410. The Hall–Kier alpha value is -3.36. The van der Waals surface area contributed by atoms with Crippen molar-refractivity contribution in [3.05, 3.63) is 94.5 Å². The van der Waals surface area contributed by atoms with E-state index in [2.05, 4.69) is 5.32 Å². The third kappa shape index (κ3) is 7.64. The van der Waals surface area contributed by atoms with E-state index in [-0.39, 0.29) is 23.4 Å². The molecule has 2 amide bonds. The highest BCUT2D eigenvalue weighted by atomic mass is 35.5. The lowest BCUT2D eigenvalue weighted by Crippen LogP contribution is -2.53. The van der Waals surface area contributed by atoms with Crippen LogP contribution in [0.4, 0.5) is 5.69 Å². The number of hydrogen-bond donors (Lipinski definition) is 1. The van der Waals surface area contributed by atoms with Gasteiger partial charge in [0.05, 0.1) is 10.6 Å². The van der Waals surface area contributed by atoms with E-state index in [0.717, 1.165) is 27.4 Å². The van der Waals surface area contributed by atoms with Crippen molar-refractivity contribution in [3.8, 4) is 0 Å². The van der Waals surface area contributed by atoms with Crippen LogP contribution < -0.4 is 9.62 Å². The van der Waals surface area contributed by atoms with Gasteiger partial charge in [-0.3, -0.25) is 13.9 Å². The molecule has 9 heteroatoms. The molecule has 214 valence electrons. The second kappa shape index (κ2) is 13.8. The fraction of sp³-hybridized carbons (Fsp3) is 0.355. The maximum absolute atomic E-state index is 14.1. The second-order valence-electron chi connectivity index (χ2n) is 9.98. The number of hydrogen-bond acceptors (Lipinski definition) is 4. The number of halogens is 1. The summed E-state index contributed by atoms with van der Waals surface area (Å²) in [7, 11) is -4.15. The number of sulfonamides is 1. The van der Waals surface area contributed by atoms with Crippen molar-refractivity contribution in [2.75, 3.05) is 10.8 Å². The molecule has 3 aromatic rings. The molecule has 0 aliphatic heterocycles. The summed E-state index contributed by atoms with van der Waals surface area (Å²) in [6.45, 7) is 9.24. The number of amides is 2. The molecular formula is C31H38ClN3O4S. The minimum absolute atomic E-state index is 0.0130. The first-order valence-corrected chi connectivity index (χ1v) is 15.3. The molecule has 0 aliphatic carbocycles. The van der Waals surface area contributed by atoms with Crippen molar-refractivity contribution in [3.63, 3.8) is 0 Å². The number of aryl methyl sites for hydroxylation is 2. The van der Waals surface area contributed by atoms with Crippen LogP contribution in [0.5, 0.6) is 0 Å². The number of carbonyl (C=O) groups is 2. The smallest absolute Gasteiger partial charge is 0.264 e. The fourth-order valence-corrected chi connectivity index (χ4v) is 5.82. The minimum Gasteiger partial charge on any atom is -0.352 e. The standard InChI is InChI=1S/C31H38ClN3O4S/c1-6-24(5)33-31(37)29(7-2)34(20-25-11-9-8-10-12-25)30(36)21-35(27-16-13-22(3)23(4)19-27)40(38,39)28-17-14-26(32)15-18-28/h8-19,24,29H,6-7,20-21H2,1-5H3,(H,33,37). The summed E-state index contributed by atoms with van der Waals surface area (Å²) >= 11 is 6.02. The van der Waals surface area contributed by atoms with Crippen LogP contribution in [0.25, 0.3) is 0 Å².